The summed E-state index contributed by atoms with van der Waals surface area (Å²) in [6, 6.07) is 4.92. The smallest absolute Gasteiger partial charge is 0.270 e. The molecular formula is C13H17N5O2. The number of nitrogens with zero attached hydrogens (tertiary/aromatic N) is 5. The number of nitro groups is 1. The molecule has 0 unspecified atom stereocenters. The maximum atomic E-state index is 10.9. The minimum atomic E-state index is -0.369. The lowest BCUT2D eigenvalue weighted by Crippen LogP contribution is -2.50. The fraction of sp³-hybridized carbons (Fsp3) is 0.462. The molecule has 1 saturated heterocycles. The Labute approximate surface area is 116 Å². The van der Waals surface area contributed by atoms with Crippen molar-refractivity contribution >= 4 is 16.6 Å². The second kappa shape index (κ2) is 4.75. The third-order valence-corrected chi connectivity index (χ3v) is 3.79. The first-order chi connectivity index (χ1) is 9.56. The zero-order chi connectivity index (χ0) is 14.3. The molecule has 0 radical (unpaired) electrons. The molecule has 1 fully saturated rings. The summed E-state index contributed by atoms with van der Waals surface area (Å²) in [4.78, 5) is 14.7. The van der Waals surface area contributed by atoms with E-state index in [-0.39, 0.29) is 10.6 Å². The SMILES string of the molecule is Cc1nn(N2CCN(C)CC2)c2ccc([N+](=O)[O-])cc12. The second-order valence-electron chi connectivity index (χ2n) is 5.19. The predicted molar refractivity (Wildman–Crippen MR) is 76.6 cm³/mol. The average molecular weight is 275 g/mol. The summed E-state index contributed by atoms with van der Waals surface area (Å²) in [7, 11) is 2.10. The van der Waals surface area contributed by atoms with Crippen LogP contribution in [-0.2, 0) is 0 Å². The molecule has 0 atom stereocenters. The Morgan fingerprint density at radius 2 is 1.95 bits per heavy atom. The van der Waals surface area contributed by atoms with Gasteiger partial charge in [-0.25, -0.2) is 0 Å². The van der Waals surface area contributed by atoms with E-state index in [1.165, 1.54) is 6.07 Å². The molecule has 0 spiro atoms. The molecule has 0 bridgehead atoms. The first-order valence-electron chi connectivity index (χ1n) is 6.64. The quantitative estimate of drug-likeness (QED) is 0.607. The van der Waals surface area contributed by atoms with Gasteiger partial charge in [-0.05, 0) is 20.0 Å². The van der Waals surface area contributed by atoms with Gasteiger partial charge in [0.2, 0.25) is 0 Å². The van der Waals surface area contributed by atoms with Crippen LogP contribution in [0.1, 0.15) is 5.69 Å². The normalized spacial score (nSPS) is 16.8. The van der Waals surface area contributed by atoms with E-state index in [4.69, 9.17) is 0 Å². The maximum Gasteiger partial charge on any atom is 0.270 e. The summed E-state index contributed by atoms with van der Waals surface area (Å²) in [5.74, 6) is 0. The van der Waals surface area contributed by atoms with E-state index >= 15 is 0 Å². The number of piperazine rings is 1. The topological polar surface area (TPSA) is 67.4 Å². The van der Waals surface area contributed by atoms with Crippen LogP contribution in [0.5, 0.6) is 0 Å². The molecule has 0 amide bonds. The van der Waals surface area contributed by atoms with Gasteiger partial charge in [0.25, 0.3) is 5.69 Å². The van der Waals surface area contributed by atoms with E-state index < -0.39 is 0 Å². The predicted octanol–water partition coefficient (Wildman–Crippen LogP) is 1.14. The Bertz CT molecular complexity index is 658. The van der Waals surface area contributed by atoms with Gasteiger partial charge in [-0.1, -0.05) is 0 Å². The van der Waals surface area contributed by atoms with Crippen LogP contribution >= 0.6 is 0 Å². The van der Waals surface area contributed by atoms with Crippen LogP contribution in [0.2, 0.25) is 0 Å². The Morgan fingerprint density at radius 1 is 1.25 bits per heavy atom. The van der Waals surface area contributed by atoms with Gasteiger partial charge in [0, 0.05) is 43.7 Å². The number of likely N-dealkylation sites (N-methyl/N-ethyl adjacent to an activating group) is 1. The van der Waals surface area contributed by atoms with Gasteiger partial charge in [-0.15, -0.1) is 0 Å². The molecule has 106 valence electrons. The van der Waals surface area contributed by atoms with E-state index in [0.717, 1.165) is 42.8 Å². The molecule has 0 saturated carbocycles. The monoisotopic (exact) mass is 275 g/mol. The molecule has 7 nitrogen and oxygen atoms in total. The molecule has 7 heteroatoms. The summed E-state index contributed by atoms with van der Waals surface area (Å²) < 4.78 is 0. The van der Waals surface area contributed by atoms with E-state index in [1.807, 2.05) is 11.7 Å². The number of aromatic nitrogens is 2. The lowest BCUT2D eigenvalue weighted by Gasteiger charge is -2.33. The number of rotatable bonds is 2. The number of non-ortho nitro benzene ring substituents is 1. The Morgan fingerprint density at radius 3 is 2.60 bits per heavy atom. The number of fused-ring (bicyclic) bond motifs is 1. The van der Waals surface area contributed by atoms with Gasteiger partial charge in [-0.2, -0.15) is 9.89 Å². The lowest BCUT2D eigenvalue weighted by molar-refractivity contribution is -0.384. The van der Waals surface area contributed by atoms with E-state index in [1.54, 1.807) is 12.1 Å². The van der Waals surface area contributed by atoms with Crippen molar-refractivity contribution in [1.82, 2.24) is 14.8 Å². The van der Waals surface area contributed by atoms with Gasteiger partial charge in [-0.3, -0.25) is 15.1 Å². The highest BCUT2D eigenvalue weighted by atomic mass is 16.6. The number of hydrogen-bond acceptors (Lipinski definition) is 5. The third kappa shape index (κ3) is 2.09. The van der Waals surface area contributed by atoms with Crippen molar-refractivity contribution in [3.8, 4) is 0 Å². The zero-order valence-corrected chi connectivity index (χ0v) is 11.6. The summed E-state index contributed by atoms with van der Waals surface area (Å²) >= 11 is 0. The Balaban J connectivity index is 2.02. The summed E-state index contributed by atoms with van der Waals surface area (Å²) in [5.41, 5.74) is 1.86. The standard InChI is InChI=1S/C13H17N5O2/c1-10-12-9-11(18(19)20)3-4-13(12)17(14-10)16-7-5-15(2)6-8-16/h3-4,9H,5-8H2,1-2H3. The van der Waals surface area contributed by atoms with Crippen molar-refractivity contribution in [1.29, 1.82) is 0 Å². The Hall–Kier alpha value is -2.15. The minimum absolute atomic E-state index is 0.110. The molecule has 1 aromatic carbocycles. The van der Waals surface area contributed by atoms with Crippen molar-refractivity contribution in [3.05, 3.63) is 34.0 Å². The number of nitro benzene ring substituents is 1. The second-order valence-corrected chi connectivity index (χ2v) is 5.19. The van der Waals surface area contributed by atoms with Crippen LogP contribution in [0, 0.1) is 17.0 Å². The highest BCUT2D eigenvalue weighted by Gasteiger charge is 2.19. The maximum absolute atomic E-state index is 10.9. The van der Waals surface area contributed by atoms with E-state index in [0.29, 0.717) is 0 Å². The third-order valence-electron chi connectivity index (χ3n) is 3.79. The van der Waals surface area contributed by atoms with Gasteiger partial charge in [0.1, 0.15) is 0 Å². The molecule has 3 rings (SSSR count). The van der Waals surface area contributed by atoms with Crippen LogP contribution in [0.25, 0.3) is 10.9 Å². The molecular weight excluding hydrogens is 258 g/mol. The van der Waals surface area contributed by atoms with E-state index in [2.05, 4.69) is 22.1 Å². The van der Waals surface area contributed by atoms with E-state index in [9.17, 15) is 10.1 Å². The molecule has 0 aliphatic carbocycles. The molecule has 2 aromatic rings. The Kier molecular flexibility index (Phi) is 3.06. The fourth-order valence-corrected chi connectivity index (χ4v) is 2.55. The first-order valence-corrected chi connectivity index (χ1v) is 6.64. The molecule has 1 aliphatic heterocycles. The summed E-state index contributed by atoms with van der Waals surface area (Å²) in [6.07, 6.45) is 0. The molecule has 0 N–H and O–H groups in total. The van der Waals surface area contributed by atoms with Gasteiger partial charge in [0.05, 0.1) is 16.1 Å². The minimum Gasteiger partial charge on any atom is -0.303 e. The van der Waals surface area contributed by atoms with Crippen LogP contribution < -0.4 is 5.01 Å². The number of hydrogen-bond donors (Lipinski definition) is 0. The fourth-order valence-electron chi connectivity index (χ4n) is 2.55. The largest absolute Gasteiger partial charge is 0.303 e. The van der Waals surface area contributed by atoms with Crippen molar-refractivity contribution in [3.63, 3.8) is 0 Å². The van der Waals surface area contributed by atoms with Crippen LogP contribution in [-0.4, -0.2) is 52.9 Å². The number of aryl methyl sites for hydroxylation is 1. The highest BCUT2D eigenvalue weighted by molar-refractivity contribution is 5.84. The first kappa shape index (κ1) is 12.9. The van der Waals surface area contributed by atoms with Crippen LogP contribution in [0.15, 0.2) is 18.2 Å². The number of benzene rings is 1. The molecule has 1 aliphatic rings. The summed E-state index contributed by atoms with van der Waals surface area (Å²) in [6.45, 7) is 5.69. The van der Waals surface area contributed by atoms with Crippen LogP contribution in [0.3, 0.4) is 0 Å². The van der Waals surface area contributed by atoms with Gasteiger partial charge < -0.3 is 4.90 Å². The molecule has 2 heterocycles. The average Bonchev–Trinajstić information content (AvgIpc) is 2.76. The van der Waals surface area contributed by atoms with Gasteiger partial charge >= 0.3 is 0 Å². The molecule has 20 heavy (non-hydrogen) atoms. The van der Waals surface area contributed by atoms with Crippen molar-refractivity contribution in [2.24, 2.45) is 0 Å². The van der Waals surface area contributed by atoms with Crippen molar-refractivity contribution < 1.29 is 4.92 Å². The zero-order valence-electron chi connectivity index (χ0n) is 11.6. The van der Waals surface area contributed by atoms with Crippen LogP contribution in [0.4, 0.5) is 5.69 Å². The van der Waals surface area contributed by atoms with Gasteiger partial charge in [0.15, 0.2) is 0 Å². The lowest BCUT2D eigenvalue weighted by atomic mass is 10.2. The van der Waals surface area contributed by atoms with Crippen molar-refractivity contribution in [2.75, 3.05) is 38.2 Å². The molecule has 1 aromatic heterocycles. The summed E-state index contributed by atoms with van der Waals surface area (Å²) in [5, 5.41) is 18.4. The highest BCUT2D eigenvalue weighted by Crippen LogP contribution is 2.24. The van der Waals surface area contributed by atoms with Crippen molar-refractivity contribution in [2.45, 2.75) is 6.92 Å².